The van der Waals surface area contributed by atoms with Gasteiger partial charge in [0, 0.05) is 0 Å². The topological polar surface area (TPSA) is 32.6 Å². The normalized spacial score (nSPS) is 21.1. The average molecular weight is 270 g/mol. The highest BCUT2D eigenvalue weighted by Crippen LogP contribution is 2.27. The van der Waals surface area contributed by atoms with Crippen LogP contribution < -0.4 is 0 Å². The summed E-state index contributed by atoms with van der Waals surface area (Å²) in [6.07, 6.45) is 6.00. The van der Waals surface area contributed by atoms with Crippen molar-refractivity contribution in [1.82, 2.24) is 0 Å². The first kappa shape index (κ1) is 12.5. The zero-order valence-electron chi connectivity index (χ0n) is 9.29. The van der Waals surface area contributed by atoms with Crippen LogP contribution in [0.5, 0.6) is 0 Å². The Morgan fingerprint density at radius 1 is 1.12 bits per heavy atom. The number of allylic oxidation sites excluding steroid dienone is 1. The molecule has 0 bridgehead atoms. The maximum absolute atomic E-state index is 8.94. The second-order valence-corrected chi connectivity index (χ2v) is 4.91. The summed E-state index contributed by atoms with van der Waals surface area (Å²) < 4.78 is 0. The monoisotopic (exact) mass is 269 g/mol. The van der Waals surface area contributed by atoms with Crippen molar-refractivity contribution >= 4 is 35.0 Å². The SMILES string of the molecule is ON=C1CCCCC1=Cc1ccc(Cl)c(Cl)c1. The minimum atomic E-state index is 0.541. The number of oxime groups is 1. The quantitative estimate of drug-likeness (QED) is 0.578. The minimum absolute atomic E-state index is 0.541. The molecule has 1 aliphatic rings. The van der Waals surface area contributed by atoms with E-state index in [-0.39, 0.29) is 0 Å². The van der Waals surface area contributed by atoms with Crippen LogP contribution in [0.2, 0.25) is 10.0 Å². The van der Waals surface area contributed by atoms with E-state index >= 15 is 0 Å². The minimum Gasteiger partial charge on any atom is -0.411 e. The predicted molar refractivity (Wildman–Crippen MR) is 72.1 cm³/mol. The molecule has 1 aliphatic carbocycles. The van der Waals surface area contributed by atoms with Crippen LogP contribution in [-0.2, 0) is 0 Å². The molecule has 2 nitrogen and oxygen atoms in total. The lowest BCUT2D eigenvalue weighted by molar-refractivity contribution is 0.316. The maximum Gasteiger partial charge on any atom is 0.0827 e. The van der Waals surface area contributed by atoms with Gasteiger partial charge >= 0.3 is 0 Å². The molecule has 2 rings (SSSR count). The van der Waals surface area contributed by atoms with Crippen molar-refractivity contribution in [3.8, 4) is 0 Å². The van der Waals surface area contributed by atoms with Gasteiger partial charge in [0.15, 0.2) is 0 Å². The van der Waals surface area contributed by atoms with Crippen molar-refractivity contribution in [2.45, 2.75) is 25.7 Å². The van der Waals surface area contributed by atoms with E-state index in [0.29, 0.717) is 10.0 Å². The van der Waals surface area contributed by atoms with Gasteiger partial charge in [-0.15, -0.1) is 0 Å². The van der Waals surface area contributed by atoms with Gasteiger partial charge < -0.3 is 5.21 Å². The molecule has 1 aromatic carbocycles. The molecular formula is C13H13Cl2NO. The summed E-state index contributed by atoms with van der Waals surface area (Å²) >= 11 is 11.8. The first-order valence-corrected chi connectivity index (χ1v) is 6.33. The molecular weight excluding hydrogens is 257 g/mol. The van der Waals surface area contributed by atoms with Gasteiger partial charge in [-0.3, -0.25) is 0 Å². The fourth-order valence-electron chi connectivity index (χ4n) is 1.99. The van der Waals surface area contributed by atoms with Crippen molar-refractivity contribution < 1.29 is 5.21 Å². The third-order valence-corrected chi connectivity index (χ3v) is 3.62. The lowest BCUT2D eigenvalue weighted by Gasteiger charge is -2.15. The van der Waals surface area contributed by atoms with Gasteiger partial charge in [0.1, 0.15) is 0 Å². The van der Waals surface area contributed by atoms with Crippen LogP contribution in [0.4, 0.5) is 0 Å². The Hall–Kier alpha value is -0.990. The Kier molecular flexibility index (Phi) is 4.08. The van der Waals surface area contributed by atoms with Crippen LogP contribution in [0.25, 0.3) is 6.08 Å². The number of halogens is 2. The third kappa shape index (κ3) is 3.02. The highest BCUT2D eigenvalue weighted by molar-refractivity contribution is 6.42. The summed E-state index contributed by atoms with van der Waals surface area (Å²) in [4.78, 5) is 0. The molecule has 0 unspecified atom stereocenters. The highest BCUT2D eigenvalue weighted by atomic mass is 35.5. The Bertz CT molecular complexity index is 480. The third-order valence-electron chi connectivity index (χ3n) is 2.89. The van der Waals surface area contributed by atoms with Crippen LogP contribution in [0, 0.1) is 0 Å². The van der Waals surface area contributed by atoms with Crippen LogP contribution in [0.3, 0.4) is 0 Å². The van der Waals surface area contributed by atoms with Gasteiger partial charge in [0.05, 0.1) is 15.8 Å². The Morgan fingerprint density at radius 2 is 1.88 bits per heavy atom. The number of benzene rings is 1. The molecule has 17 heavy (non-hydrogen) atoms. The molecule has 0 aromatic heterocycles. The standard InChI is InChI=1S/C13H13Cl2NO/c14-11-6-5-9(8-12(11)15)7-10-3-1-2-4-13(10)16-17/h5-8,17H,1-4H2. The van der Waals surface area contributed by atoms with E-state index in [0.717, 1.165) is 42.5 Å². The fraction of sp³-hybridized carbons (Fsp3) is 0.308. The number of hydrogen-bond acceptors (Lipinski definition) is 2. The molecule has 1 saturated carbocycles. The molecule has 1 aromatic rings. The average Bonchev–Trinajstić information content (AvgIpc) is 2.34. The van der Waals surface area contributed by atoms with E-state index in [1.807, 2.05) is 18.2 Å². The van der Waals surface area contributed by atoms with Crippen molar-refractivity contribution in [2.75, 3.05) is 0 Å². The zero-order chi connectivity index (χ0) is 12.3. The second-order valence-electron chi connectivity index (χ2n) is 4.10. The summed E-state index contributed by atoms with van der Waals surface area (Å²) in [5, 5.41) is 13.4. The summed E-state index contributed by atoms with van der Waals surface area (Å²) in [7, 11) is 0. The Labute approximate surface area is 111 Å². The van der Waals surface area contributed by atoms with E-state index < -0.39 is 0 Å². The molecule has 1 N–H and O–H groups in total. The smallest absolute Gasteiger partial charge is 0.0827 e. The molecule has 0 atom stereocenters. The first-order chi connectivity index (χ1) is 8.20. The van der Waals surface area contributed by atoms with E-state index in [1.54, 1.807) is 6.07 Å². The number of hydrogen-bond donors (Lipinski definition) is 1. The highest BCUT2D eigenvalue weighted by Gasteiger charge is 2.13. The predicted octanol–water partition coefficient (Wildman–Crippen LogP) is 4.78. The lowest BCUT2D eigenvalue weighted by Crippen LogP contribution is -2.08. The van der Waals surface area contributed by atoms with Crippen LogP contribution in [0.15, 0.2) is 28.9 Å². The Balaban J connectivity index is 2.30. The molecule has 1 fully saturated rings. The van der Waals surface area contributed by atoms with Crippen molar-refractivity contribution in [1.29, 1.82) is 0 Å². The van der Waals surface area contributed by atoms with Crippen molar-refractivity contribution in [3.05, 3.63) is 39.4 Å². The number of rotatable bonds is 1. The molecule has 0 aliphatic heterocycles. The fourth-order valence-corrected chi connectivity index (χ4v) is 2.29. The molecule has 0 heterocycles. The molecule has 0 radical (unpaired) electrons. The van der Waals surface area contributed by atoms with Crippen LogP contribution >= 0.6 is 23.2 Å². The molecule has 0 amide bonds. The van der Waals surface area contributed by atoms with Crippen LogP contribution in [0.1, 0.15) is 31.2 Å². The largest absolute Gasteiger partial charge is 0.411 e. The van der Waals surface area contributed by atoms with E-state index in [9.17, 15) is 0 Å². The second kappa shape index (κ2) is 5.56. The van der Waals surface area contributed by atoms with E-state index in [2.05, 4.69) is 5.16 Å². The summed E-state index contributed by atoms with van der Waals surface area (Å²) in [6.45, 7) is 0. The van der Waals surface area contributed by atoms with Gasteiger partial charge in [-0.1, -0.05) is 34.4 Å². The molecule has 4 heteroatoms. The summed E-state index contributed by atoms with van der Waals surface area (Å²) in [5.41, 5.74) is 2.84. The van der Waals surface area contributed by atoms with Gasteiger partial charge in [-0.2, -0.15) is 0 Å². The van der Waals surface area contributed by atoms with Gasteiger partial charge in [0.25, 0.3) is 0 Å². The molecule has 0 saturated heterocycles. The van der Waals surface area contributed by atoms with Gasteiger partial charge in [-0.25, -0.2) is 0 Å². The van der Waals surface area contributed by atoms with Crippen LogP contribution in [-0.4, -0.2) is 10.9 Å². The first-order valence-electron chi connectivity index (χ1n) is 5.57. The summed E-state index contributed by atoms with van der Waals surface area (Å²) in [5.74, 6) is 0. The van der Waals surface area contributed by atoms with Crippen molar-refractivity contribution in [3.63, 3.8) is 0 Å². The van der Waals surface area contributed by atoms with Gasteiger partial charge in [0.2, 0.25) is 0 Å². The Morgan fingerprint density at radius 3 is 2.59 bits per heavy atom. The van der Waals surface area contributed by atoms with Gasteiger partial charge in [-0.05, 0) is 55.0 Å². The van der Waals surface area contributed by atoms with E-state index in [1.165, 1.54) is 0 Å². The number of nitrogens with zero attached hydrogens (tertiary/aromatic N) is 1. The zero-order valence-corrected chi connectivity index (χ0v) is 10.8. The summed E-state index contributed by atoms with van der Waals surface area (Å²) in [6, 6.07) is 5.50. The van der Waals surface area contributed by atoms with E-state index in [4.69, 9.17) is 28.4 Å². The lowest BCUT2D eigenvalue weighted by atomic mass is 9.91. The maximum atomic E-state index is 8.94. The van der Waals surface area contributed by atoms with Crippen molar-refractivity contribution in [2.24, 2.45) is 5.16 Å². The molecule has 90 valence electrons. The molecule has 0 spiro atoms.